The summed E-state index contributed by atoms with van der Waals surface area (Å²) in [6, 6.07) is 8.35. The summed E-state index contributed by atoms with van der Waals surface area (Å²) in [4.78, 5) is 0. The van der Waals surface area contributed by atoms with Crippen molar-refractivity contribution in [2.75, 3.05) is 13.1 Å². The minimum absolute atomic E-state index is 0.320. The Labute approximate surface area is 95.0 Å². The molecule has 2 heterocycles. The van der Waals surface area contributed by atoms with Crippen molar-refractivity contribution in [3.63, 3.8) is 0 Å². The molecule has 16 heavy (non-hydrogen) atoms. The van der Waals surface area contributed by atoms with Crippen LogP contribution in [0.1, 0.15) is 6.42 Å². The molecule has 1 fully saturated rings. The Hall–Kier alpha value is -1.48. The van der Waals surface area contributed by atoms with Crippen LogP contribution in [0.3, 0.4) is 0 Å². The minimum atomic E-state index is 0.320. The van der Waals surface area contributed by atoms with Gasteiger partial charge in [-0.3, -0.25) is 0 Å². The monoisotopic (exact) mass is 216 g/mol. The quantitative estimate of drug-likeness (QED) is 0.830. The molecule has 1 saturated heterocycles. The molecule has 3 nitrogen and oxygen atoms in total. The predicted octanol–water partition coefficient (Wildman–Crippen LogP) is 1.92. The Bertz CT molecular complexity index is 498. The number of aryl methyl sites for hydroxylation is 1. The van der Waals surface area contributed by atoms with Crippen LogP contribution in [0, 0.1) is 0 Å². The van der Waals surface area contributed by atoms with E-state index in [1.54, 1.807) is 0 Å². The van der Waals surface area contributed by atoms with Crippen LogP contribution in [-0.4, -0.2) is 23.8 Å². The highest BCUT2D eigenvalue weighted by Gasteiger charge is 2.17. The van der Waals surface area contributed by atoms with Crippen molar-refractivity contribution in [1.82, 2.24) is 9.88 Å². The molecule has 1 aromatic heterocycles. The number of benzene rings is 1. The zero-order chi connectivity index (χ0) is 11.0. The molecule has 0 amide bonds. The number of hydrogen-bond donors (Lipinski definition) is 1. The Morgan fingerprint density at radius 3 is 3.12 bits per heavy atom. The number of nitrogens with one attached hydrogen (secondary N) is 1. The zero-order valence-electron chi connectivity index (χ0n) is 9.44. The molecule has 0 bridgehead atoms. The van der Waals surface area contributed by atoms with Gasteiger partial charge < -0.3 is 14.6 Å². The van der Waals surface area contributed by atoms with Crippen LogP contribution >= 0.6 is 0 Å². The van der Waals surface area contributed by atoms with Gasteiger partial charge in [0, 0.05) is 25.2 Å². The second-order valence-corrected chi connectivity index (χ2v) is 4.35. The summed E-state index contributed by atoms with van der Waals surface area (Å²) in [7, 11) is 2.06. The molecule has 0 spiro atoms. The summed E-state index contributed by atoms with van der Waals surface area (Å²) in [5.41, 5.74) is 1.19. The van der Waals surface area contributed by atoms with E-state index in [1.807, 2.05) is 0 Å². The van der Waals surface area contributed by atoms with E-state index in [-0.39, 0.29) is 0 Å². The molecule has 1 aliphatic rings. The summed E-state index contributed by atoms with van der Waals surface area (Å²) in [5.74, 6) is 0.999. The maximum Gasteiger partial charge on any atom is 0.144 e. The van der Waals surface area contributed by atoms with E-state index >= 15 is 0 Å². The second-order valence-electron chi connectivity index (χ2n) is 4.35. The first-order valence-electron chi connectivity index (χ1n) is 5.76. The summed E-state index contributed by atoms with van der Waals surface area (Å²) in [5, 5.41) is 4.56. The van der Waals surface area contributed by atoms with E-state index in [0.717, 1.165) is 25.3 Å². The predicted molar refractivity (Wildman–Crippen MR) is 64.8 cm³/mol. The maximum absolute atomic E-state index is 6.04. The van der Waals surface area contributed by atoms with Crippen molar-refractivity contribution < 1.29 is 4.74 Å². The van der Waals surface area contributed by atoms with Crippen LogP contribution in [0.25, 0.3) is 10.9 Å². The van der Waals surface area contributed by atoms with E-state index in [4.69, 9.17) is 4.74 Å². The van der Waals surface area contributed by atoms with Gasteiger partial charge in [-0.05, 0) is 25.1 Å². The molecule has 0 radical (unpaired) electrons. The number of aromatic nitrogens is 1. The van der Waals surface area contributed by atoms with Gasteiger partial charge >= 0.3 is 0 Å². The average Bonchev–Trinajstić information content (AvgIpc) is 2.90. The first kappa shape index (κ1) is 9.73. The molecule has 3 heteroatoms. The van der Waals surface area contributed by atoms with Gasteiger partial charge in [0.1, 0.15) is 11.9 Å². The molecule has 0 saturated carbocycles. The zero-order valence-corrected chi connectivity index (χ0v) is 9.44. The van der Waals surface area contributed by atoms with E-state index in [1.165, 1.54) is 10.9 Å². The van der Waals surface area contributed by atoms with E-state index in [2.05, 4.69) is 47.4 Å². The summed E-state index contributed by atoms with van der Waals surface area (Å²) in [6.45, 7) is 2.02. The van der Waals surface area contributed by atoms with Crippen molar-refractivity contribution in [2.24, 2.45) is 7.05 Å². The second kappa shape index (κ2) is 3.83. The van der Waals surface area contributed by atoms with E-state index in [0.29, 0.717) is 6.10 Å². The number of nitrogens with zero attached hydrogens (tertiary/aromatic N) is 1. The standard InChI is InChI=1S/C13H16N2O/c1-15-8-6-10-3-2-4-12(13(10)15)16-11-5-7-14-9-11/h2-4,6,8,11,14H,5,7,9H2,1H3. The highest BCUT2D eigenvalue weighted by atomic mass is 16.5. The SMILES string of the molecule is Cn1ccc2cccc(OC3CCNC3)c21. The van der Waals surface area contributed by atoms with Gasteiger partial charge in [0.15, 0.2) is 0 Å². The van der Waals surface area contributed by atoms with Crippen molar-refractivity contribution in [3.8, 4) is 5.75 Å². The fraction of sp³-hybridized carbons (Fsp3) is 0.385. The highest BCUT2D eigenvalue weighted by molar-refractivity contribution is 5.85. The maximum atomic E-state index is 6.04. The number of hydrogen-bond acceptors (Lipinski definition) is 2. The Morgan fingerprint density at radius 1 is 1.38 bits per heavy atom. The molecule has 1 aliphatic heterocycles. The Kier molecular flexibility index (Phi) is 2.33. The molecule has 1 aromatic carbocycles. The van der Waals surface area contributed by atoms with Crippen LogP contribution in [0.4, 0.5) is 0 Å². The molecule has 0 aliphatic carbocycles. The summed E-state index contributed by atoms with van der Waals surface area (Å²) < 4.78 is 8.16. The number of ether oxygens (including phenoxy) is 1. The van der Waals surface area contributed by atoms with Gasteiger partial charge in [-0.1, -0.05) is 12.1 Å². The molecular weight excluding hydrogens is 200 g/mol. The summed E-state index contributed by atoms with van der Waals surface area (Å²) in [6.07, 6.45) is 3.49. The number of para-hydroxylation sites is 1. The van der Waals surface area contributed by atoms with Gasteiger partial charge in [0.05, 0.1) is 5.52 Å². The third kappa shape index (κ3) is 1.57. The van der Waals surface area contributed by atoms with Crippen LogP contribution in [0.15, 0.2) is 30.5 Å². The highest BCUT2D eigenvalue weighted by Crippen LogP contribution is 2.27. The first-order valence-corrected chi connectivity index (χ1v) is 5.76. The topological polar surface area (TPSA) is 26.2 Å². The third-order valence-electron chi connectivity index (χ3n) is 3.17. The largest absolute Gasteiger partial charge is 0.487 e. The van der Waals surface area contributed by atoms with Crippen molar-refractivity contribution in [3.05, 3.63) is 30.5 Å². The molecule has 84 valence electrons. The van der Waals surface area contributed by atoms with Gasteiger partial charge in [0.25, 0.3) is 0 Å². The smallest absolute Gasteiger partial charge is 0.144 e. The lowest BCUT2D eigenvalue weighted by Gasteiger charge is -2.14. The van der Waals surface area contributed by atoms with E-state index in [9.17, 15) is 0 Å². The fourth-order valence-corrected chi connectivity index (χ4v) is 2.32. The first-order chi connectivity index (χ1) is 7.84. The van der Waals surface area contributed by atoms with Crippen LogP contribution in [0.2, 0.25) is 0 Å². The molecule has 1 atom stereocenters. The lowest BCUT2D eigenvalue weighted by Crippen LogP contribution is -2.19. The van der Waals surface area contributed by atoms with Gasteiger partial charge in [-0.25, -0.2) is 0 Å². The van der Waals surface area contributed by atoms with Gasteiger partial charge in [-0.2, -0.15) is 0 Å². The lowest BCUT2D eigenvalue weighted by atomic mass is 10.2. The molecular formula is C13H16N2O. The number of fused-ring (bicyclic) bond motifs is 1. The Balaban J connectivity index is 1.98. The Morgan fingerprint density at radius 2 is 2.31 bits per heavy atom. The van der Waals surface area contributed by atoms with Crippen LogP contribution in [-0.2, 0) is 7.05 Å². The third-order valence-corrected chi connectivity index (χ3v) is 3.17. The molecule has 2 aromatic rings. The summed E-state index contributed by atoms with van der Waals surface area (Å²) >= 11 is 0. The van der Waals surface area contributed by atoms with Crippen molar-refractivity contribution in [2.45, 2.75) is 12.5 Å². The van der Waals surface area contributed by atoms with Gasteiger partial charge in [0.2, 0.25) is 0 Å². The normalized spacial score (nSPS) is 20.4. The minimum Gasteiger partial charge on any atom is -0.487 e. The molecule has 1 unspecified atom stereocenters. The lowest BCUT2D eigenvalue weighted by molar-refractivity contribution is 0.225. The average molecular weight is 216 g/mol. The fourth-order valence-electron chi connectivity index (χ4n) is 2.32. The van der Waals surface area contributed by atoms with Crippen molar-refractivity contribution in [1.29, 1.82) is 0 Å². The number of rotatable bonds is 2. The molecule has 1 N–H and O–H groups in total. The van der Waals surface area contributed by atoms with E-state index < -0.39 is 0 Å². The van der Waals surface area contributed by atoms with Crippen LogP contribution < -0.4 is 10.1 Å². The molecule has 3 rings (SSSR count). The van der Waals surface area contributed by atoms with Crippen LogP contribution in [0.5, 0.6) is 5.75 Å². The van der Waals surface area contributed by atoms with Gasteiger partial charge in [-0.15, -0.1) is 0 Å². The van der Waals surface area contributed by atoms with Crippen molar-refractivity contribution >= 4 is 10.9 Å².